The van der Waals surface area contributed by atoms with Gasteiger partial charge in [0.05, 0.1) is 29.9 Å². The van der Waals surface area contributed by atoms with Crippen LogP contribution in [0.4, 0.5) is 31.8 Å². The van der Waals surface area contributed by atoms with Crippen LogP contribution >= 0.6 is 0 Å². The van der Waals surface area contributed by atoms with E-state index in [1.54, 1.807) is 41.4 Å². The van der Waals surface area contributed by atoms with Gasteiger partial charge in [0.15, 0.2) is 5.65 Å². The van der Waals surface area contributed by atoms with Crippen LogP contribution in [0.25, 0.3) is 5.65 Å². The number of likely N-dealkylation sites (tertiary alicyclic amines) is 1. The Labute approximate surface area is 346 Å². The zero-order valence-electron chi connectivity index (χ0n) is 32.6. The average Bonchev–Trinajstić information content (AvgIpc) is 3.97. The van der Waals surface area contributed by atoms with E-state index >= 15 is 0 Å². The molecular weight excluding hydrogens is 793 g/mol. The fourth-order valence-electron chi connectivity index (χ4n) is 8.42. The molecule has 312 valence electrons. The molecule has 17 nitrogen and oxygen atoms in total. The predicted molar refractivity (Wildman–Crippen MR) is 216 cm³/mol. The van der Waals surface area contributed by atoms with Gasteiger partial charge < -0.3 is 25.8 Å². The molecular formula is C42H39F2N11O6. The summed E-state index contributed by atoms with van der Waals surface area (Å²) in [6.07, 6.45) is 5.91. The van der Waals surface area contributed by atoms with E-state index in [0.717, 1.165) is 23.5 Å². The van der Waals surface area contributed by atoms with Crippen LogP contribution < -0.4 is 26.2 Å². The number of nitrogens with zero attached hydrogens (tertiary/aromatic N) is 7. The number of aromatic nitrogens is 4. The standard InChI is InChI=1S/C42H39F2N11O6/c43-23-6-9-29(44)28(19-23)32-4-2-15-53(32)35-14-18-54-38(50-35)31(21-46-54)49-39(58)30-3-1-5-34(48-30)47-24-12-16-52(17-13-24)37(57)22-45-25-7-8-26-27(20-25)42(61)55(41(26)60)33-10-11-36(56)51-40(33)59/h1,3,5-9,14,18-21,24,32-33,45H,2,4,10-13,15-17,22H2,(H,47,48)(H,49,58)(H,51,56,59)/t32-,33?/m1/s1. The van der Waals surface area contributed by atoms with Gasteiger partial charge in [-0.25, -0.2) is 23.3 Å². The van der Waals surface area contributed by atoms with Crippen molar-refractivity contribution in [2.75, 3.05) is 47.0 Å². The summed E-state index contributed by atoms with van der Waals surface area (Å²) in [5.74, 6) is -2.97. The monoisotopic (exact) mass is 831 g/mol. The van der Waals surface area contributed by atoms with Crippen molar-refractivity contribution in [1.29, 1.82) is 0 Å². The third-order valence-electron chi connectivity index (χ3n) is 11.5. The third kappa shape index (κ3) is 7.69. The first-order chi connectivity index (χ1) is 29.5. The highest BCUT2D eigenvalue weighted by atomic mass is 19.1. The Morgan fingerprint density at radius 1 is 0.852 bits per heavy atom. The van der Waals surface area contributed by atoms with E-state index in [2.05, 4.69) is 31.3 Å². The van der Waals surface area contributed by atoms with Crippen molar-refractivity contribution in [1.82, 2.24) is 34.7 Å². The van der Waals surface area contributed by atoms with E-state index < -0.39 is 53.3 Å². The SMILES string of the molecule is O=C1CCC(N2C(=O)c3ccc(NCC(=O)N4CCC(Nc5cccc(C(=O)Nc6cnn7ccc(N8CCC[C@@H]8c8cc(F)ccc8F)nc67)n5)CC4)cc3C2=O)C(=O)N1. The van der Waals surface area contributed by atoms with Gasteiger partial charge in [-0.3, -0.25) is 39.0 Å². The molecule has 0 radical (unpaired) electrons. The summed E-state index contributed by atoms with van der Waals surface area (Å²) in [5, 5.41) is 15.8. The van der Waals surface area contributed by atoms with Gasteiger partial charge in [-0.2, -0.15) is 5.10 Å². The van der Waals surface area contributed by atoms with Crippen LogP contribution in [0.1, 0.15) is 81.3 Å². The predicted octanol–water partition coefficient (Wildman–Crippen LogP) is 3.91. The fourth-order valence-corrected chi connectivity index (χ4v) is 8.42. The first kappa shape index (κ1) is 39.2. The summed E-state index contributed by atoms with van der Waals surface area (Å²) in [4.78, 5) is 90.6. The minimum atomic E-state index is -1.07. The minimum Gasteiger partial charge on any atom is -0.376 e. The van der Waals surface area contributed by atoms with E-state index in [9.17, 15) is 37.5 Å². The van der Waals surface area contributed by atoms with Crippen LogP contribution in [0.5, 0.6) is 0 Å². The molecule has 4 N–H and O–H groups in total. The molecule has 0 saturated carbocycles. The first-order valence-electron chi connectivity index (χ1n) is 20.0. The lowest BCUT2D eigenvalue weighted by atomic mass is 10.0. The number of hydrogen-bond acceptors (Lipinski definition) is 12. The van der Waals surface area contributed by atoms with Gasteiger partial charge in [-0.15, -0.1) is 0 Å². The zero-order valence-corrected chi connectivity index (χ0v) is 32.6. The summed E-state index contributed by atoms with van der Waals surface area (Å²) in [6.45, 7) is 1.48. The number of hydrogen-bond donors (Lipinski definition) is 4. The Hall–Kier alpha value is -7.31. The van der Waals surface area contributed by atoms with Crippen molar-refractivity contribution in [2.24, 2.45) is 0 Å². The van der Waals surface area contributed by atoms with Gasteiger partial charge in [-0.05, 0) is 86.7 Å². The van der Waals surface area contributed by atoms with Crippen LogP contribution in [-0.4, -0.2) is 103 Å². The largest absolute Gasteiger partial charge is 0.376 e. The lowest BCUT2D eigenvalue weighted by Crippen LogP contribution is -2.54. The third-order valence-corrected chi connectivity index (χ3v) is 11.5. The van der Waals surface area contributed by atoms with Crippen LogP contribution in [-0.2, 0) is 14.4 Å². The van der Waals surface area contributed by atoms with Crippen LogP contribution in [0, 0.1) is 11.6 Å². The maximum Gasteiger partial charge on any atom is 0.274 e. The summed E-state index contributed by atoms with van der Waals surface area (Å²) < 4.78 is 30.3. The summed E-state index contributed by atoms with van der Waals surface area (Å²) >= 11 is 0. The Kier molecular flexibility index (Phi) is 10.3. The summed E-state index contributed by atoms with van der Waals surface area (Å²) in [5.41, 5.74) is 1.87. The molecule has 19 heteroatoms. The lowest BCUT2D eigenvalue weighted by Gasteiger charge is -2.32. The van der Waals surface area contributed by atoms with Crippen molar-refractivity contribution in [3.8, 4) is 0 Å². The molecule has 4 aliphatic heterocycles. The van der Waals surface area contributed by atoms with E-state index in [0.29, 0.717) is 67.6 Å². The van der Waals surface area contributed by atoms with Crippen LogP contribution in [0.3, 0.4) is 0 Å². The van der Waals surface area contributed by atoms with Gasteiger partial charge in [0.25, 0.3) is 17.7 Å². The number of pyridine rings is 1. The molecule has 61 heavy (non-hydrogen) atoms. The normalized spacial score (nSPS) is 19.3. The Morgan fingerprint density at radius 2 is 1.67 bits per heavy atom. The number of benzene rings is 2. The minimum absolute atomic E-state index is 0.0205. The molecule has 3 aromatic heterocycles. The molecule has 3 fully saturated rings. The van der Waals surface area contributed by atoms with Crippen molar-refractivity contribution >= 4 is 64.1 Å². The number of imide groups is 2. The molecule has 5 aromatic rings. The van der Waals surface area contributed by atoms with Crippen LogP contribution in [0.2, 0.25) is 0 Å². The highest BCUT2D eigenvalue weighted by molar-refractivity contribution is 6.23. The summed E-state index contributed by atoms with van der Waals surface area (Å²) in [7, 11) is 0. The highest BCUT2D eigenvalue weighted by Gasteiger charge is 2.44. The van der Waals surface area contributed by atoms with Gasteiger partial charge >= 0.3 is 0 Å². The smallest absolute Gasteiger partial charge is 0.274 e. The molecule has 7 heterocycles. The number of nitrogens with one attached hydrogen (secondary N) is 4. The van der Waals surface area contributed by atoms with Crippen LogP contribution in [0.15, 0.2) is 73.1 Å². The average molecular weight is 832 g/mol. The van der Waals surface area contributed by atoms with E-state index in [-0.39, 0.29) is 53.7 Å². The molecule has 0 bridgehead atoms. The number of fused-ring (bicyclic) bond motifs is 2. The number of anilines is 4. The Morgan fingerprint density at radius 3 is 2.49 bits per heavy atom. The molecule has 0 aliphatic carbocycles. The van der Waals surface area contributed by atoms with Gasteiger partial charge in [0, 0.05) is 49.5 Å². The maximum absolute atomic E-state index is 14.7. The maximum atomic E-state index is 14.7. The van der Waals surface area contributed by atoms with Crippen molar-refractivity contribution < 1.29 is 37.5 Å². The quantitative estimate of drug-likeness (QED) is 0.148. The van der Waals surface area contributed by atoms with Crippen molar-refractivity contribution in [3.05, 3.63) is 107 Å². The van der Waals surface area contributed by atoms with E-state index in [1.807, 2.05) is 4.90 Å². The number of piperidine rings is 2. The Balaban J connectivity index is 0.777. The lowest BCUT2D eigenvalue weighted by molar-refractivity contribution is -0.136. The number of amides is 6. The molecule has 2 atom stereocenters. The molecule has 0 spiro atoms. The second-order valence-electron chi connectivity index (χ2n) is 15.4. The molecule has 3 saturated heterocycles. The molecule has 1 unspecified atom stereocenters. The fraction of sp³-hybridized carbons (Fsp3) is 0.310. The molecule has 6 amide bonds. The second kappa shape index (κ2) is 16.0. The number of rotatable bonds is 10. The summed E-state index contributed by atoms with van der Waals surface area (Å²) in [6, 6.07) is 13.3. The van der Waals surface area contributed by atoms with Crippen molar-refractivity contribution in [3.63, 3.8) is 0 Å². The topological polar surface area (TPSA) is 203 Å². The van der Waals surface area contributed by atoms with Gasteiger partial charge in [-0.1, -0.05) is 6.07 Å². The number of carbonyl (C=O) groups is 6. The molecule has 2 aromatic carbocycles. The molecule has 9 rings (SSSR count). The first-order valence-corrected chi connectivity index (χ1v) is 20.0. The van der Waals surface area contributed by atoms with E-state index in [4.69, 9.17) is 4.98 Å². The van der Waals surface area contributed by atoms with Gasteiger partial charge in [0.2, 0.25) is 17.7 Å². The Bertz CT molecular complexity index is 2630. The van der Waals surface area contributed by atoms with E-state index in [1.165, 1.54) is 28.9 Å². The highest BCUT2D eigenvalue weighted by Crippen LogP contribution is 2.37. The number of halogens is 2. The number of carbonyl (C=O) groups excluding carboxylic acids is 6. The van der Waals surface area contributed by atoms with Crippen molar-refractivity contribution in [2.45, 2.75) is 56.7 Å². The zero-order chi connectivity index (χ0) is 42.4. The molecule has 4 aliphatic rings. The second-order valence-corrected chi connectivity index (χ2v) is 15.4. The van der Waals surface area contributed by atoms with Gasteiger partial charge in [0.1, 0.15) is 40.7 Å².